The zero-order valence-electron chi connectivity index (χ0n) is 10.7. The lowest BCUT2D eigenvalue weighted by Crippen LogP contribution is -2.07. The molecule has 90 valence electrons. The van der Waals surface area contributed by atoms with Crippen molar-refractivity contribution in [3.05, 3.63) is 48.0 Å². The smallest absolute Gasteiger partial charge is 0.0950 e. The van der Waals surface area contributed by atoms with Gasteiger partial charge in [0.2, 0.25) is 0 Å². The summed E-state index contributed by atoms with van der Waals surface area (Å²) in [5.74, 6) is 0.669. The van der Waals surface area contributed by atoms with Crippen LogP contribution >= 0.6 is 0 Å². The summed E-state index contributed by atoms with van der Waals surface area (Å²) in [5, 5.41) is 3.13. The second-order valence-electron chi connectivity index (χ2n) is 4.73. The molecule has 1 N–H and O–H groups in total. The monoisotopic (exact) mass is 228 g/mol. The quantitative estimate of drug-likeness (QED) is 0.779. The molecule has 0 radical (unpaired) electrons. The van der Waals surface area contributed by atoms with E-state index in [0.717, 1.165) is 29.0 Å². The Morgan fingerprint density at radius 3 is 2.82 bits per heavy atom. The molecule has 2 aliphatic rings. The highest BCUT2D eigenvalue weighted by atomic mass is 14.9. The number of allylic oxidation sites excluding steroid dienone is 4. The number of nitrogens with one attached hydrogen (secondary N) is 1. The van der Waals surface area contributed by atoms with Gasteiger partial charge in [-0.25, -0.2) is 0 Å². The average molecular weight is 228 g/mol. The predicted molar refractivity (Wildman–Crippen MR) is 73.7 cm³/mol. The van der Waals surface area contributed by atoms with E-state index in [0.29, 0.717) is 5.92 Å². The molecule has 2 rings (SSSR count). The van der Waals surface area contributed by atoms with Gasteiger partial charge in [-0.3, -0.25) is 4.99 Å². The van der Waals surface area contributed by atoms with Crippen molar-refractivity contribution in [2.75, 3.05) is 0 Å². The Morgan fingerprint density at radius 2 is 2.29 bits per heavy atom. The van der Waals surface area contributed by atoms with Crippen molar-refractivity contribution < 1.29 is 0 Å². The summed E-state index contributed by atoms with van der Waals surface area (Å²) in [6, 6.07) is 0. The summed E-state index contributed by atoms with van der Waals surface area (Å²) < 4.78 is 0. The molecule has 0 atom stereocenters. The van der Waals surface area contributed by atoms with Gasteiger partial charge in [-0.05, 0) is 31.8 Å². The van der Waals surface area contributed by atoms with Crippen LogP contribution in [-0.2, 0) is 0 Å². The Hall–Kier alpha value is -1.57. The molecule has 1 aliphatic heterocycles. The van der Waals surface area contributed by atoms with Gasteiger partial charge in [0.25, 0.3) is 0 Å². The minimum atomic E-state index is 0.669. The third-order valence-corrected chi connectivity index (χ3v) is 3.04. The van der Waals surface area contributed by atoms with Gasteiger partial charge in [0, 0.05) is 23.4 Å². The molecule has 0 aromatic rings. The maximum atomic E-state index is 4.80. The van der Waals surface area contributed by atoms with Crippen LogP contribution in [0.2, 0.25) is 0 Å². The molecule has 0 spiro atoms. The Labute approximate surface area is 104 Å². The summed E-state index contributed by atoms with van der Waals surface area (Å²) in [6.45, 7) is 12.1. The van der Waals surface area contributed by atoms with Crippen LogP contribution in [0.5, 0.6) is 0 Å². The Kier molecular flexibility index (Phi) is 3.32. The van der Waals surface area contributed by atoms with Crippen molar-refractivity contribution in [3.63, 3.8) is 0 Å². The fraction of sp³-hybridized carbons (Fsp3) is 0.400. The van der Waals surface area contributed by atoms with Crippen LogP contribution in [0.1, 0.15) is 33.1 Å². The second-order valence-corrected chi connectivity index (χ2v) is 4.73. The van der Waals surface area contributed by atoms with Gasteiger partial charge in [-0.2, -0.15) is 0 Å². The molecule has 1 fully saturated rings. The fourth-order valence-electron chi connectivity index (χ4n) is 1.93. The summed E-state index contributed by atoms with van der Waals surface area (Å²) in [5.41, 5.74) is 5.17. The van der Waals surface area contributed by atoms with Crippen molar-refractivity contribution in [1.29, 1.82) is 0 Å². The van der Waals surface area contributed by atoms with Crippen LogP contribution in [0, 0.1) is 5.92 Å². The Bertz CT molecular complexity index is 446. The molecule has 0 saturated heterocycles. The van der Waals surface area contributed by atoms with Crippen molar-refractivity contribution in [2.45, 2.75) is 33.1 Å². The van der Waals surface area contributed by atoms with Gasteiger partial charge >= 0.3 is 0 Å². The molecular weight excluding hydrogens is 208 g/mol. The number of hydrogen-bond donors (Lipinski definition) is 1. The lowest BCUT2D eigenvalue weighted by Gasteiger charge is -2.06. The zero-order valence-corrected chi connectivity index (χ0v) is 10.7. The van der Waals surface area contributed by atoms with Crippen molar-refractivity contribution in [3.8, 4) is 0 Å². The molecule has 0 unspecified atom stereocenters. The zero-order chi connectivity index (χ0) is 12.4. The molecule has 0 aromatic heterocycles. The Balaban J connectivity index is 2.30. The molecule has 0 amide bonds. The largest absolute Gasteiger partial charge is 0.360 e. The minimum Gasteiger partial charge on any atom is -0.360 e. The van der Waals surface area contributed by atoms with E-state index < -0.39 is 0 Å². The molecular formula is C15H20N2. The van der Waals surface area contributed by atoms with Gasteiger partial charge in [-0.1, -0.05) is 26.2 Å². The normalized spacial score (nSPS) is 22.7. The van der Waals surface area contributed by atoms with E-state index in [1.54, 1.807) is 0 Å². The maximum absolute atomic E-state index is 4.80. The van der Waals surface area contributed by atoms with E-state index in [9.17, 15) is 0 Å². The van der Waals surface area contributed by atoms with Crippen molar-refractivity contribution in [2.24, 2.45) is 10.9 Å². The molecule has 0 bridgehead atoms. The lowest BCUT2D eigenvalue weighted by molar-refractivity contribution is 0.956. The van der Waals surface area contributed by atoms with Crippen LogP contribution in [0.3, 0.4) is 0 Å². The highest BCUT2D eigenvalue weighted by molar-refractivity contribution is 6.16. The number of rotatable bonds is 4. The molecule has 1 heterocycles. The third kappa shape index (κ3) is 2.57. The van der Waals surface area contributed by atoms with Crippen LogP contribution in [-0.4, -0.2) is 5.71 Å². The van der Waals surface area contributed by atoms with E-state index in [1.807, 2.05) is 13.1 Å². The molecule has 0 aromatic carbocycles. The molecule has 2 heteroatoms. The Morgan fingerprint density at radius 1 is 1.59 bits per heavy atom. The standard InChI is InChI=1S/C15H20N2/c1-5-6-14(12-7-8-12)17-15-11(4)16-9-13(15)10(2)3/h6,9,12,16H,2,4-5,7-8H2,1,3H3/b14-6-,17-15+. The molecule has 1 aliphatic carbocycles. The topological polar surface area (TPSA) is 24.4 Å². The number of aliphatic imine (C=N–C) groups is 1. The SMILES string of the molecule is C=C(C)C1=CNC(=C)/C1=N\C(=C/CC)C1CC1. The van der Waals surface area contributed by atoms with E-state index in [-0.39, 0.29) is 0 Å². The van der Waals surface area contributed by atoms with Crippen molar-refractivity contribution in [1.82, 2.24) is 5.32 Å². The van der Waals surface area contributed by atoms with Gasteiger partial charge in [0.15, 0.2) is 0 Å². The van der Waals surface area contributed by atoms with E-state index in [2.05, 4.69) is 31.5 Å². The van der Waals surface area contributed by atoms with Crippen LogP contribution in [0.4, 0.5) is 0 Å². The highest BCUT2D eigenvalue weighted by Gasteiger charge is 2.27. The lowest BCUT2D eigenvalue weighted by atomic mass is 10.1. The van der Waals surface area contributed by atoms with Crippen LogP contribution < -0.4 is 5.32 Å². The third-order valence-electron chi connectivity index (χ3n) is 3.04. The number of hydrogen-bond acceptors (Lipinski definition) is 2. The first-order valence-electron chi connectivity index (χ1n) is 6.24. The first-order valence-corrected chi connectivity index (χ1v) is 6.24. The number of nitrogens with zero attached hydrogens (tertiary/aromatic N) is 1. The molecule has 1 saturated carbocycles. The summed E-state index contributed by atoms with van der Waals surface area (Å²) >= 11 is 0. The first kappa shape index (κ1) is 11.9. The summed E-state index contributed by atoms with van der Waals surface area (Å²) in [7, 11) is 0. The fourth-order valence-corrected chi connectivity index (χ4v) is 1.93. The van der Waals surface area contributed by atoms with E-state index >= 15 is 0 Å². The second kappa shape index (κ2) is 4.74. The summed E-state index contributed by atoms with van der Waals surface area (Å²) in [4.78, 5) is 4.80. The van der Waals surface area contributed by atoms with Crippen molar-refractivity contribution >= 4 is 5.71 Å². The van der Waals surface area contributed by atoms with E-state index in [1.165, 1.54) is 18.5 Å². The van der Waals surface area contributed by atoms with Crippen LogP contribution in [0.15, 0.2) is 53.0 Å². The van der Waals surface area contributed by atoms with E-state index in [4.69, 9.17) is 4.99 Å². The maximum Gasteiger partial charge on any atom is 0.0950 e. The van der Waals surface area contributed by atoms with Gasteiger partial charge in [0.05, 0.1) is 11.4 Å². The highest BCUT2D eigenvalue weighted by Crippen LogP contribution is 2.38. The molecule has 2 nitrogen and oxygen atoms in total. The van der Waals surface area contributed by atoms with Gasteiger partial charge < -0.3 is 5.32 Å². The average Bonchev–Trinajstić information content (AvgIpc) is 3.04. The predicted octanol–water partition coefficient (Wildman–Crippen LogP) is 3.71. The minimum absolute atomic E-state index is 0.669. The first-order chi connectivity index (χ1) is 8.13. The van der Waals surface area contributed by atoms with Gasteiger partial charge in [0.1, 0.15) is 0 Å². The summed E-state index contributed by atoms with van der Waals surface area (Å²) in [6.07, 6.45) is 7.75. The van der Waals surface area contributed by atoms with Crippen LogP contribution in [0.25, 0.3) is 0 Å². The van der Waals surface area contributed by atoms with Gasteiger partial charge in [-0.15, -0.1) is 0 Å². The molecule has 17 heavy (non-hydrogen) atoms.